The van der Waals surface area contributed by atoms with Crippen LogP contribution in [0.25, 0.3) is 0 Å². The lowest BCUT2D eigenvalue weighted by atomic mass is 9.86. The Balaban J connectivity index is 2.38. The first-order chi connectivity index (χ1) is 9.40. The second-order valence-electron chi connectivity index (χ2n) is 5.66. The van der Waals surface area contributed by atoms with Gasteiger partial charge < -0.3 is 4.74 Å². The molecular weight excluding hydrogens is 252 g/mol. The largest absolute Gasteiger partial charge is 0.439 e. The van der Waals surface area contributed by atoms with Gasteiger partial charge in [-0.15, -0.1) is 0 Å². The van der Waals surface area contributed by atoms with E-state index in [4.69, 9.17) is 10.6 Å². The first-order valence-corrected chi connectivity index (χ1v) is 6.50. The van der Waals surface area contributed by atoms with E-state index in [2.05, 4.69) is 42.2 Å². The van der Waals surface area contributed by atoms with Gasteiger partial charge >= 0.3 is 0 Å². The molecule has 0 unspecified atom stereocenters. The molecule has 0 bridgehead atoms. The van der Waals surface area contributed by atoms with Crippen LogP contribution in [0.3, 0.4) is 0 Å². The van der Waals surface area contributed by atoms with Crippen LogP contribution in [0.2, 0.25) is 0 Å². The molecule has 0 spiro atoms. The van der Waals surface area contributed by atoms with E-state index in [1.165, 1.54) is 0 Å². The number of benzene rings is 1. The summed E-state index contributed by atoms with van der Waals surface area (Å²) in [7, 11) is 0. The average Bonchev–Trinajstić information content (AvgIpc) is 2.37. The Labute approximate surface area is 119 Å². The second-order valence-corrected chi connectivity index (χ2v) is 5.66. The van der Waals surface area contributed by atoms with Crippen molar-refractivity contribution in [3.05, 3.63) is 41.6 Å². The Morgan fingerprint density at radius 3 is 2.50 bits per heavy atom. The standard InChI is InChI=1S/C15H20N4O/c1-10-9-13(18-14(17-10)19-16)20-12-8-6-5-7-11(12)15(2,3)4/h5-9H,16H2,1-4H3,(H,17,18,19). The van der Waals surface area contributed by atoms with Crippen LogP contribution in [-0.4, -0.2) is 9.97 Å². The quantitative estimate of drug-likeness (QED) is 0.663. The van der Waals surface area contributed by atoms with Crippen molar-refractivity contribution >= 4 is 5.95 Å². The van der Waals surface area contributed by atoms with Gasteiger partial charge in [0.05, 0.1) is 0 Å². The maximum absolute atomic E-state index is 5.91. The Morgan fingerprint density at radius 2 is 1.85 bits per heavy atom. The molecule has 5 heteroatoms. The molecule has 5 nitrogen and oxygen atoms in total. The zero-order valence-corrected chi connectivity index (χ0v) is 12.3. The number of aryl methyl sites for hydroxylation is 1. The van der Waals surface area contributed by atoms with Gasteiger partial charge in [-0.2, -0.15) is 4.98 Å². The highest BCUT2D eigenvalue weighted by atomic mass is 16.5. The molecule has 0 aliphatic heterocycles. The maximum atomic E-state index is 5.91. The number of para-hydroxylation sites is 1. The van der Waals surface area contributed by atoms with Gasteiger partial charge in [0, 0.05) is 17.3 Å². The number of anilines is 1. The summed E-state index contributed by atoms with van der Waals surface area (Å²) >= 11 is 0. The molecular formula is C15H20N4O. The van der Waals surface area contributed by atoms with E-state index in [9.17, 15) is 0 Å². The molecule has 1 heterocycles. The summed E-state index contributed by atoms with van der Waals surface area (Å²) in [5.41, 5.74) is 4.34. The smallest absolute Gasteiger partial charge is 0.240 e. The van der Waals surface area contributed by atoms with Gasteiger partial charge in [-0.1, -0.05) is 39.0 Å². The normalized spacial score (nSPS) is 11.2. The summed E-state index contributed by atoms with van der Waals surface area (Å²) in [5, 5.41) is 0. The zero-order valence-electron chi connectivity index (χ0n) is 12.3. The maximum Gasteiger partial charge on any atom is 0.240 e. The third-order valence-corrected chi connectivity index (χ3v) is 2.87. The topological polar surface area (TPSA) is 73.1 Å². The number of aromatic nitrogens is 2. The van der Waals surface area contributed by atoms with Crippen LogP contribution in [0.15, 0.2) is 30.3 Å². The lowest BCUT2D eigenvalue weighted by Crippen LogP contribution is -2.13. The summed E-state index contributed by atoms with van der Waals surface area (Å²) in [4.78, 5) is 8.34. The molecule has 0 aliphatic carbocycles. The van der Waals surface area contributed by atoms with Crippen LogP contribution in [0, 0.1) is 6.92 Å². The van der Waals surface area contributed by atoms with Gasteiger partial charge in [0.15, 0.2) is 0 Å². The van der Waals surface area contributed by atoms with Crippen LogP contribution in [0.5, 0.6) is 11.6 Å². The lowest BCUT2D eigenvalue weighted by molar-refractivity contribution is 0.439. The molecule has 0 radical (unpaired) electrons. The fourth-order valence-corrected chi connectivity index (χ4v) is 1.94. The van der Waals surface area contributed by atoms with E-state index < -0.39 is 0 Å². The Bertz CT molecular complexity index is 605. The van der Waals surface area contributed by atoms with Crippen molar-refractivity contribution in [3.8, 4) is 11.6 Å². The van der Waals surface area contributed by atoms with E-state index in [-0.39, 0.29) is 5.41 Å². The predicted molar refractivity (Wildman–Crippen MR) is 79.8 cm³/mol. The van der Waals surface area contributed by atoms with Gasteiger partial charge in [0.1, 0.15) is 5.75 Å². The molecule has 3 N–H and O–H groups in total. The highest BCUT2D eigenvalue weighted by Crippen LogP contribution is 2.33. The van der Waals surface area contributed by atoms with Crippen LogP contribution in [0.1, 0.15) is 32.0 Å². The number of hydrogen-bond acceptors (Lipinski definition) is 5. The molecule has 0 saturated heterocycles. The van der Waals surface area contributed by atoms with E-state index in [1.807, 2.05) is 25.1 Å². The minimum absolute atomic E-state index is 0.00633. The van der Waals surface area contributed by atoms with E-state index >= 15 is 0 Å². The van der Waals surface area contributed by atoms with E-state index in [0.717, 1.165) is 17.0 Å². The first kappa shape index (κ1) is 14.3. The van der Waals surface area contributed by atoms with Crippen LogP contribution >= 0.6 is 0 Å². The third kappa shape index (κ3) is 3.24. The summed E-state index contributed by atoms with van der Waals surface area (Å²) in [6.45, 7) is 8.30. The summed E-state index contributed by atoms with van der Waals surface area (Å²) in [6.07, 6.45) is 0. The molecule has 0 atom stereocenters. The third-order valence-electron chi connectivity index (χ3n) is 2.87. The molecule has 2 rings (SSSR count). The first-order valence-electron chi connectivity index (χ1n) is 6.50. The van der Waals surface area contributed by atoms with Crippen molar-refractivity contribution < 1.29 is 4.74 Å². The molecule has 0 amide bonds. The predicted octanol–water partition coefficient (Wildman–Crippen LogP) is 3.16. The number of rotatable bonds is 3. The van der Waals surface area contributed by atoms with Crippen LogP contribution in [0.4, 0.5) is 5.95 Å². The molecule has 2 aromatic rings. The highest BCUT2D eigenvalue weighted by Gasteiger charge is 2.19. The molecule has 20 heavy (non-hydrogen) atoms. The number of hydrazine groups is 1. The molecule has 1 aromatic heterocycles. The van der Waals surface area contributed by atoms with Crippen molar-refractivity contribution in [1.82, 2.24) is 9.97 Å². The van der Waals surface area contributed by atoms with Crippen molar-refractivity contribution in [3.63, 3.8) is 0 Å². The SMILES string of the molecule is Cc1cc(Oc2ccccc2C(C)(C)C)nc(NN)n1. The monoisotopic (exact) mass is 272 g/mol. The minimum Gasteiger partial charge on any atom is -0.439 e. The van der Waals surface area contributed by atoms with E-state index in [1.54, 1.807) is 6.07 Å². The van der Waals surface area contributed by atoms with Gasteiger partial charge in [0.2, 0.25) is 11.8 Å². The summed E-state index contributed by atoms with van der Waals surface area (Å²) in [5.74, 6) is 6.96. The highest BCUT2D eigenvalue weighted by molar-refractivity contribution is 5.41. The molecule has 1 aromatic carbocycles. The van der Waals surface area contributed by atoms with Gasteiger partial charge in [0.25, 0.3) is 0 Å². The Morgan fingerprint density at radius 1 is 1.15 bits per heavy atom. The van der Waals surface area contributed by atoms with Gasteiger partial charge in [-0.25, -0.2) is 10.8 Å². The van der Waals surface area contributed by atoms with Crippen LogP contribution < -0.4 is 16.0 Å². The van der Waals surface area contributed by atoms with Crippen molar-refractivity contribution in [1.29, 1.82) is 0 Å². The van der Waals surface area contributed by atoms with Crippen LogP contribution in [-0.2, 0) is 5.41 Å². The lowest BCUT2D eigenvalue weighted by Gasteiger charge is -2.22. The molecule has 0 aliphatic rings. The molecule has 0 saturated carbocycles. The average molecular weight is 272 g/mol. The number of nitrogens with two attached hydrogens (primary N) is 1. The Hall–Kier alpha value is -2.14. The number of nitrogens with one attached hydrogen (secondary N) is 1. The van der Waals surface area contributed by atoms with Crippen molar-refractivity contribution in [2.45, 2.75) is 33.1 Å². The van der Waals surface area contributed by atoms with Crippen molar-refractivity contribution in [2.75, 3.05) is 5.43 Å². The number of nitrogens with zero attached hydrogens (tertiary/aromatic N) is 2. The Kier molecular flexibility index (Phi) is 3.90. The number of ether oxygens (including phenoxy) is 1. The van der Waals surface area contributed by atoms with Gasteiger partial charge in [-0.05, 0) is 18.4 Å². The molecule has 0 fully saturated rings. The minimum atomic E-state index is -0.00633. The fourth-order valence-electron chi connectivity index (χ4n) is 1.94. The summed E-state index contributed by atoms with van der Waals surface area (Å²) in [6, 6.07) is 9.73. The number of hydrogen-bond donors (Lipinski definition) is 2. The van der Waals surface area contributed by atoms with Gasteiger partial charge in [-0.3, -0.25) is 5.43 Å². The van der Waals surface area contributed by atoms with Crippen molar-refractivity contribution in [2.24, 2.45) is 5.84 Å². The molecule has 106 valence electrons. The number of nitrogen functional groups attached to an aromatic ring is 1. The summed E-state index contributed by atoms with van der Waals surface area (Å²) < 4.78 is 5.91. The second kappa shape index (κ2) is 5.46. The fraction of sp³-hybridized carbons (Fsp3) is 0.333. The zero-order chi connectivity index (χ0) is 14.8. The van der Waals surface area contributed by atoms with E-state index in [0.29, 0.717) is 11.8 Å².